The third-order valence-corrected chi connectivity index (χ3v) is 7.60. The molecule has 1 heteroatoms. The van der Waals surface area contributed by atoms with Crippen LogP contribution in [0.15, 0.2) is 42.5 Å². The number of aryl methyl sites for hydroxylation is 2. The quantitative estimate of drug-likeness (QED) is 0.140. The van der Waals surface area contributed by atoms with Crippen LogP contribution >= 0.6 is 0 Å². The van der Waals surface area contributed by atoms with Gasteiger partial charge in [-0.15, -0.1) is 0 Å². The molecule has 0 aliphatic rings. The highest BCUT2D eigenvalue weighted by Crippen LogP contribution is 2.19. The van der Waals surface area contributed by atoms with Gasteiger partial charge in [0.1, 0.15) is 0 Å². The van der Waals surface area contributed by atoms with E-state index in [0.717, 1.165) is 12.1 Å². The van der Waals surface area contributed by atoms with Crippen LogP contribution < -0.4 is 5.73 Å². The molecule has 2 aromatic rings. The van der Waals surface area contributed by atoms with Crippen molar-refractivity contribution in [1.82, 2.24) is 0 Å². The van der Waals surface area contributed by atoms with Crippen LogP contribution in [-0.4, -0.2) is 0 Å². The van der Waals surface area contributed by atoms with Crippen LogP contribution in [0.1, 0.15) is 145 Å². The Kier molecular flexibility index (Phi) is 16.4. The summed E-state index contributed by atoms with van der Waals surface area (Å²) in [5.41, 5.74) is 12.3. The fraction of sp³-hybridized carbons (Fsp3) is 0.647. The molecule has 0 aliphatic carbocycles. The summed E-state index contributed by atoms with van der Waals surface area (Å²) in [4.78, 5) is 0. The van der Waals surface area contributed by atoms with Crippen molar-refractivity contribution in [1.29, 1.82) is 0 Å². The number of hydrogen-bond donors (Lipinski definition) is 1. The maximum Gasteiger partial charge on any atom is 0.0316 e. The lowest BCUT2D eigenvalue weighted by atomic mass is 9.98. The molecule has 2 rings (SSSR count). The minimum Gasteiger partial charge on any atom is -0.399 e. The molecule has 0 bridgehead atoms. The average molecular weight is 478 g/mol. The predicted octanol–water partition coefficient (Wildman–Crippen LogP) is 10.8. The number of benzene rings is 2. The van der Waals surface area contributed by atoms with E-state index >= 15 is 0 Å². The number of hydrogen-bond acceptors (Lipinski definition) is 1. The molecule has 1 nitrogen and oxygen atoms in total. The smallest absolute Gasteiger partial charge is 0.0316 e. The highest BCUT2D eigenvalue weighted by Gasteiger charge is 2.02. The second kappa shape index (κ2) is 19.4. The van der Waals surface area contributed by atoms with Gasteiger partial charge in [-0.1, -0.05) is 146 Å². The summed E-state index contributed by atoms with van der Waals surface area (Å²) in [6.45, 7) is 4.45. The van der Waals surface area contributed by atoms with E-state index in [-0.39, 0.29) is 0 Å². The summed E-state index contributed by atoms with van der Waals surface area (Å²) in [5.74, 6) is 0. The minimum absolute atomic E-state index is 0.853. The highest BCUT2D eigenvalue weighted by atomic mass is 14.5. The van der Waals surface area contributed by atoms with Gasteiger partial charge >= 0.3 is 0 Å². The Balaban J connectivity index is 1.38. The fourth-order valence-corrected chi connectivity index (χ4v) is 5.19. The van der Waals surface area contributed by atoms with Crippen molar-refractivity contribution in [3.8, 4) is 0 Å². The van der Waals surface area contributed by atoms with Crippen LogP contribution in [0.3, 0.4) is 0 Å². The highest BCUT2D eigenvalue weighted by molar-refractivity contribution is 5.45. The standard InChI is InChI=1S/C34H55N/c1-3-4-5-6-7-8-9-10-11-12-13-14-15-16-17-18-19-20-21-31-22-24-32(25-23-31)29-33-26-27-34(35)28-30(33)2/h22-28H,3-21,29,35H2,1-2H3. The average Bonchev–Trinajstić information content (AvgIpc) is 2.86. The van der Waals surface area contributed by atoms with Crippen LogP contribution in [0.5, 0.6) is 0 Å². The second-order valence-electron chi connectivity index (χ2n) is 10.9. The van der Waals surface area contributed by atoms with Gasteiger partial charge in [0.15, 0.2) is 0 Å². The molecule has 0 aliphatic heterocycles. The molecule has 0 heterocycles. The monoisotopic (exact) mass is 477 g/mol. The molecule has 0 saturated carbocycles. The molecule has 196 valence electrons. The zero-order valence-corrected chi connectivity index (χ0v) is 23.3. The predicted molar refractivity (Wildman–Crippen MR) is 157 cm³/mol. The molecule has 0 fully saturated rings. The van der Waals surface area contributed by atoms with Crippen LogP contribution in [0.25, 0.3) is 0 Å². The Hall–Kier alpha value is -1.76. The first kappa shape index (κ1) is 29.5. The van der Waals surface area contributed by atoms with Crippen LogP contribution in [0.2, 0.25) is 0 Å². The number of anilines is 1. The van der Waals surface area contributed by atoms with E-state index in [1.807, 2.05) is 6.07 Å². The lowest BCUT2D eigenvalue weighted by Gasteiger charge is -2.08. The molecule has 2 aromatic carbocycles. The van der Waals surface area contributed by atoms with Gasteiger partial charge in [0.25, 0.3) is 0 Å². The van der Waals surface area contributed by atoms with Crippen LogP contribution in [0.4, 0.5) is 5.69 Å². The van der Waals surface area contributed by atoms with Crippen molar-refractivity contribution in [3.63, 3.8) is 0 Å². The van der Waals surface area contributed by atoms with Gasteiger partial charge in [-0.05, 0) is 60.6 Å². The molecule has 0 aromatic heterocycles. The molecule has 0 spiro atoms. The fourth-order valence-electron chi connectivity index (χ4n) is 5.19. The summed E-state index contributed by atoms with van der Waals surface area (Å²) in [6, 6.07) is 15.5. The lowest BCUT2D eigenvalue weighted by molar-refractivity contribution is 0.525. The summed E-state index contributed by atoms with van der Waals surface area (Å²) >= 11 is 0. The Bertz CT molecular complexity index is 761. The van der Waals surface area contributed by atoms with Gasteiger partial charge < -0.3 is 5.73 Å². The molecule has 0 unspecified atom stereocenters. The molecule has 0 saturated heterocycles. The molecule has 2 N–H and O–H groups in total. The summed E-state index contributed by atoms with van der Waals surface area (Å²) in [6.07, 6.45) is 28.1. The van der Waals surface area contributed by atoms with Crippen LogP contribution in [0, 0.1) is 6.92 Å². The van der Waals surface area contributed by atoms with Gasteiger partial charge in [-0.25, -0.2) is 0 Å². The minimum atomic E-state index is 0.853. The second-order valence-corrected chi connectivity index (χ2v) is 10.9. The zero-order valence-electron chi connectivity index (χ0n) is 23.3. The Labute approximate surface area is 218 Å². The third-order valence-electron chi connectivity index (χ3n) is 7.60. The Morgan fingerprint density at radius 3 is 1.40 bits per heavy atom. The maximum absolute atomic E-state index is 5.88. The van der Waals surface area contributed by atoms with E-state index in [0.29, 0.717) is 0 Å². The topological polar surface area (TPSA) is 26.0 Å². The van der Waals surface area contributed by atoms with Gasteiger partial charge in [0, 0.05) is 5.69 Å². The third kappa shape index (κ3) is 14.4. The van der Waals surface area contributed by atoms with Gasteiger partial charge in [-0.2, -0.15) is 0 Å². The molecule has 0 atom stereocenters. The van der Waals surface area contributed by atoms with E-state index < -0.39 is 0 Å². The largest absolute Gasteiger partial charge is 0.399 e. The number of unbranched alkanes of at least 4 members (excludes halogenated alkanes) is 17. The molecule has 35 heavy (non-hydrogen) atoms. The van der Waals surface area contributed by atoms with Gasteiger partial charge in [-0.3, -0.25) is 0 Å². The van der Waals surface area contributed by atoms with Crippen molar-refractivity contribution in [2.24, 2.45) is 0 Å². The zero-order chi connectivity index (χ0) is 25.0. The number of nitrogen functional groups attached to an aromatic ring is 1. The Morgan fingerprint density at radius 1 is 0.514 bits per heavy atom. The molecule has 0 amide bonds. The van der Waals surface area contributed by atoms with E-state index in [1.165, 1.54) is 144 Å². The van der Waals surface area contributed by atoms with Gasteiger partial charge in [0.2, 0.25) is 0 Å². The molecular formula is C34H55N. The molecular weight excluding hydrogens is 422 g/mol. The first-order chi connectivity index (χ1) is 17.2. The van der Waals surface area contributed by atoms with Crippen LogP contribution in [-0.2, 0) is 12.8 Å². The van der Waals surface area contributed by atoms with Gasteiger partial charge in [0.05, 0.1) is 0 Å². The van der Waals surface area contributed by atoms with E-state index in [4.69, 9.17) is 5.73 Å². The number of rotatable bonds is 21. The summed E-state index contributed by atoms with van der Waals surface area (Å²) in [5, 5.41) is 0. The molecule has 0 radical (unpaired) electrons. The summed E-state index contributed by atoms with van der Waals surface area (Å²) < 4.78 is 0. The van der Waals surface area contributed by atoms with E-state index in [2.05, 4.69) is 50.2 Å². The first-order valence-corrected chi connectivity index (χ1v) is 15.1. The normalized spacial score (nSPS) is 11.3. The van der Waals surface area contributed by atoms with Crippen molar-refractivity contribution in [3.05, 3.63) is 64.7 Å². The van der Waals surface area contributed by atoms with Crippen molar-refractivity contribution < 1.29 is 0 Å². The van der Waals surface area contributed by atoms with E-state index in [9.17, 15) is 0 Å². The SMILES string of the molecule is CCCCCCCCCCCCCCCCCCCCc1ccc(Cc2ccc(N)cc2C)cc1. The van der Waals surface area contributed by atoms with Crippen molar-refractivity contribution in [2.75, 3.05) is 5.73 Å². The van der Waals surface area contributed by atoms with Crippen molar-refractivity contribution >= 4 is 5.69 Å². The first-order valence-electron chi connectivity index (χ1n) is 15.1. The maximum atomic E-state index is 5.88. The lowest BCUT2D eigenvalue weighted by Crippen LogP contribution is -1.95. The van der Waals surface area contributed by atoms with Crippen molar-refractivity contribution in [2.45, 2.75) is 142 Å². The van der Waals surface area contributed by atoms with E-state index in [1.54, 1.807) is 0 Å². The Morgan fingerprint density at radius 2 is 0.943 bits per heavy atom. The summed E-state index contributed by atoms with van der Waals surface area (Å²) in [7, 11) is 0. The number of nitrogens with two attached hydrogens (primary N) is 1.